The summed E-state index contributed by atoms with van der Waals surface area (Å²) in [5.74, 6) is 0. The van der Waals surface area contributed by atoms with E-state index >= 15 is 0 Å². The maximum Gasteiger partial charge on any atom is 0.188 e. The zero-order chi connectivity index (χ0) is 7.82. The molecule has 0 radical (unpaired) electrons. The monoisotopic (exact) mass is 150 g/mol. The van der Waals surface area contributed by atoms with Crippen molar-refractivity contribution in [3.63, 3.8) is 0 Å². The minimum Gasteiger partial charge on any atom is -0.396 e. The molecule has 0 aliphatic rings. The molecule has 0 aromatic heterocycles. The Kier molecular flexibility index (Phi) is 6.84. The van der Waals surface area contributed by atoms with Crippen LogP contribution in [0, 0.1) is 0 Å². The highest BCUT2D eigenvalue weighted by molar-refractivity contribution is 4.28. The van der Waals surface area contributed by atoms with Crippen LogP contribution in [0.2, 0.25) is 0 Å². The van der Waals surface area contributed by atoms with Gasteiger partial charge in [0.25, 0.3) is 0 Å². The van der Waals surface area contributed by atoms with Crippen LogP contribution < -0.4 is 0 Å². The van der Waals surface area contributed by atoms with Gasteiger partial charge in [-0.3, -0.25) is 0 Å². The Labute approximate surface area is 60.3 Å². The van der Waals surface area contributed by atoms with Crippen molar-refractivity contribution in [1.82, 2.24) is 0 Å². The molecule has 1 atom stereocenters. The molecule has 10 heavy (non-hydrogen) atoms. The Hall–Kier alpha value is -0.160. The van der Waals surface area contributed by atoms with Gasteiger partial charge in [0.1, 0.15) is 0 Å². The summed E-state index contributed by atoms with van der Waals surface area (Å²) in [7, 11) is 0. The fourth-order valence-electron chi connectivity index (χ4n) is 0.318. The summed E-state index contributed by atoms with van der Waals surface area (Å²) >= 11 is 0. The van der Waals surface area contributed by atoms with Crippen LogP contribution in [0.4, 0.5) is 0 Å². The SMILES string of the molecule is CCC(O)OOCCCO. The first-order valence-electron chi connectivity index (χ1n) is 3.38. The van der Waals surface area contributed by atoms with Gasteiger partial charge in [0.2, 0.25) is 0 Å². The largest absolute Gasteiger partial charge is 0.396 e. The van der Waals surface area contributed by atoms with Crippen molar-refractivity contribution in [2.24, 2.45) is 0 Å². The fraction of sp³-hybridized carbons (Fsp3) is 1.00. The van der Waals surface area contributed by atoms with Gasteiger partial charge >= 0.3 is 0 Å². The molecule has 4 heteroatoms. The summed E-state index contributed by atoms with van der Waals surface area (Å²) in [6.07, 6.45) is 0.175. The highest BCUT2D eigenvalue weighted by atomic mass is 17.2. The van der Waals surface area contributed by atoms with Gasteiger partial charge in [-0.05, 0) is 12.8 Å². The number of hydrogen-bond donors (Lipinski definition) is 2. The molecule has 62 valence electrons. The van der Waals surface area contributed by atoms with Crippen LogP contribution in [-0.2, 0) is 9.78 Å². The van der Waals surface area contributed by atoms with E-state index in [1.54, 1.807) is 6.92 Å². The first-order valence-corrected chi connectivity index (χ1v) is 3.38. The molecule has 0 heterocycles. The van der Waals surface area contributed by atoms with E-state index in [0.717, 1.165) is 0 Å². The molecule has 0 bridgehead atoms. The summed E-state index contributed by atoms with van der Waals surface area (Å²) < 4.78 is 0. The van der Waals surface area contributed by atoms with Gasteiger partial charge in [-0.25, -0.2) is 9.78 Å². The predicted molar refractivity (Wildman–Crippen MR) is 35.0 cm³/mol. The molecule has 4 nitrogen and oxygen atoms in total. The number of aliphatic hydroxyl groups excluding tert-OH is 2. The molecule has 0 spiro atoms. The number of hydrogen-bond acceptors (Lipinski definition) is 4. The van der Waals surface area contributed by atoms with Gasteiger partial charge in [-0.1, -0.05) is 6.92 Å². The van der Waals surface area contributed by atoms with E-state index < -0.39 is 6.29 Å². The van der Waals surface area contributed by atoms with E-state index in [-0.39, 0.29) is 6.61 Å². The normalized spacial score (nSPS) is 13.5. The summed E-state index contributed by atoms with van der Waals surface area (Å²) in [5, 5.41) is 17.0. The summed E-state index contributed by atoms with van der Waals surface area (Å²) in [4.78, 5) is 8.95. The molecule has 0 aliphatic heterocycles. The van der Waals surface area contributed by atoms with E-state index in [4.69, 9.17) is 10.2 Å². The van der Waals surface area contributed by atoms with Gasteiger partial charge < -0.3 is 10.2 Å². The lowest BCUT2D eigenvalue weighted by atomic mass is 10.5. The Bertz CT molecular complexity index is 66.8. The predicted octanol–water partition coefficient (Wildman–Crippen LogP) is 0.0454. The van der Waals surface area contributed by atoms with Gasteiger partial charge in [-0.2, -0.15) is 0 Å². The lowest BCUT2D eigenvalue weighted by Crippen LogP contribution is -2.11. The van der Waals surface area contributed by atoms with E-state index in [0.29, 0.717) is 19.4 Å². The number of aliphatic hydroxyl groups is 2. The molecule has 0 rings (SSSR count). The van der Waals surface area contributed by atoms with Crippen molar-refractivity contribution in [3.8, 4) is 0 Å². The van der Waals surface area contributed by atoms with Crippen LogP contribution in [0.15, 0.2) is 0 Å². The highest BCUT2D eigenvalue weighted by Crippen LogP contribution is 1.93. The molecule has 0 fully saturated rings. The second-order valence-corrected chi connectivity index (χ2v) is 1.86. The molecular formula is C6H14O4. The first kappa shape index (κ1) is 9.84. The molecular weight excluding hydrogens is 136 g/mol. The number of rotatable bonds is 6. The van der Waals surface area contributed by atoms with E-state index in [9.17, 15) is 0 Å². The molecule has 0 saturated heterocycles. The van der Waals surface area contributed by atoms with E-state index in [1.807, 2.05) is 0 Å². The minimum absolute atomic E-state index is 0.0750. The van der Waals surface area contributed by atoms with Crippen molar-refractivity contribution >= 4 is 0 Å². The maximum atomic E-state index is 8.75. The fourth-order valence-corrected chi connectivity index (χ4v) is 0.318. The van der Waals surface area contributed by atoms with Crippen LogP contribution in [-0.4, -0.2) is 29.7 Å². The van der Waals surface area contributed by atoms with Gasteiger partial charge in [0, 0.05) is 6.61 Å². The van der Waals surface area contributed by atoms with Gasteiger partial charge in [0.05, 0.1) is 6.61 Å². The average Bonchev–Trinajstić information content (AvgIpc) is 1.98. The lowest BCUT2D eigenvalue weighted by Gasteiger charge is -2.06. The third kappa shape index (κ3) is 5.97. The van der Waals surface area contributed by atoms with Crippen molar-refractivity contribution in [1.29, 1.82) is 0 Å². The van der Waals surface area contributed by atoms with Crippen molar-refractivity contribution in [2.75, 3.05) is 13.2 Å². The lowest BCUT2D eigenvalue weighted by molar-refractivity contribution is -0.370. The van der Waals surface area contributed by atoms with Gasteiger partial charge in [0.15, 0.2) is 6.29 Å². The second kappa shape index (κ2) is 6.95. The van der Waals surface area contributed by atoms with Crippen molar-refractivity contribution < 1.29 is 20.0 Å². The molecule has 0 aromatic carbocycles. The summed E-state index contributed by atoms with van der Waals surface area (Å²) in [6, 6.07) is 0. The average molecular weight is 150 g/mol. The van der Waals surface area contributed by atoms with Crippen molar-refractivity contribution in [3.05, 3.63) is 0 Å². The Morgan fingerprint density at radius 3 is 2.70 bits per heavy atom. The first-order chi connectivity index (χ1) is 4.81. The molecule has 0 amide bonds. The minimum atomic E-state index is -0.848. The van der Waals surface area contributed by atoms with Crippen LogP contribution >= 0.6 is 0 Å². The Morgan fingerprint density at radius 2 is 2.20 bits per heavy atom. The highest BCUT2D eigenvalue weighted by Gasteiger charge is 1.99. The summed E-state index contributed by atoms with van der Waals surface area (Å²) in [6.45, 7) is 2.17. The molecule has 0 aliphatic carbocycles. The van der Waals surface area contributed by atoms with Crippen LogP contribution in [0.1, 0.15) is 19.8 Å². The molecule has 0 aromatic rings. The Morgan fingerprint density at radius 1 is 1.50 bits per heavy atom. The van der Waals surface area contributed by atoms with Crippen LogP contribution in [0.5, 0.6) is 0 Å². The van der Waals surface area contributed by atoms with E-state index in [1.165, 1.54) is 0 Å². The van der Waals surface area contributed by atoms with E-state index in [2.05, 4.69) is 9.78 Å². The Balaban J connectivity index is 2.89. The zero-order valence-corrected chi connectivity index (χ0v) is 6.12. The quantitative estimate of drug-likeness (QED) is 0.243. The topological polar surface area (TPSA) is 58.9 Å². The smallest absolute Gasteiger partial charge is 0.188 e. The zero-order valence-electron chi connectivity index (χ0n) is 6.12. The van der Waals surface area contributed by atoms with Gasteiger partial charge in [-0.15, -0.1) is 0 Å². The standard InChI is InChI=1S/C6H14O4/c1-2-6(8)10-9-5-3-4-7/h6-8H,2-5H2,1H3. The maximum absolute atomic E-state index is 8.75. The van der Waals surface area contributed by atoms with Crippen molar-refractivity contribution in [2.45, 2.75) is 26.1 Å². The molecule has 1 unspecified atom stereocenters. The third-order valence-electron chi connectivity index (χ3n) is 0.914. The van der Waals surface area contributed by atoms with Crippen LogP contribution in [0.3, 0.4) is 0 Å². The second-order valence-electron chi connectivity index (χ2n) is 1.86. The molecule has 2 N–H and O–H groups in total. The van der Waals surface area contributed by atoms with Crippen LogP contribution in [0.25, 0.3) is 0 Å². The third-order valence-corrected chi connectivity index (χ3v) is 0.914. The summed E-state index contributed by atoms with van der Waals surface area (Å²) in [5.41, 5.74) is 0. The molecule has 0 saturated carbocycles.